The number of piperazine rings is 1. The van der Waals surface area contributed by atoms with E-state index < -0.39 is 0 Å². The number of hydrogen-bond acceptors (Lipinski definition) is 8. The van der Waals surface area contributed by atoms with Crippen molar-refractivity contribution < 1.29 is 9.59 Å². The van der Waals surface area contributed by atoms with Crippen molar-refractivity contribution >= 4 is 41.2 Å². The van der Waals surface area contributed by atoms with Gasteiger partial charge in [-0.2, -0.15) is 10.2 Å². The lowest BCUT2D eigenvalue weighted by atomic mass is 10.1. The van der Waals surface area contributed by atoms with E-state index in [2.05, 4.69) is 31.2 Å². The van der Waals surface area contributed by atoms with Gasteiger partial charge in [0.25, 0.3) is 0 Å². The molecule has 4 heterocycles. The van der Waals surface area contributed by atoms with Gasteiger partial charge in [0.05, 0.1) is 34.8 Å². The number of nitrogens with one attached hydrogen (secondary N) is 1. The summed E-state index contributed by atoms with van der Waals surface area (Å²) < 4.78 is 0. The fourth-order valence-corrected chi connectivity index (χ4v) is 4.78. The second-order valence-corrected chi connectivity index (χ2v) is 8.59. The summed E-state index contributed by atoms with van der Waals surface area (Å²) in [7, 11) is 0. The van der Waals surface area contributed by atoms with Crippen molar-refractivity contribution in [2.75, 3.05) is 23.3 Å². The number of pyridine rings is 1. The summed E-state index contributed by atoms with van der Waals surface area (Å²) in [4.78, 5) is 40.8. The summed E-state index contributed by atoms with van der Waals surface area (Å²) in [5.74, 6) is 1.11. The molecule has 10 heteroatoms. The van der Waals surface area contributed by atoms with E-state index in [1.165, 1.54) is 6.20 Å². The second kappa shape index (κ2) is 7.78. The van der Waals surface area contributed by atoms with Gasteiger partial charge >= 0.3 is 0 Å². The quantitative estimate of drug-likeness (QED) is 0.709. The van der Waals surface area contributed by atoms with Gasteiger partial charge in [-0.05, 0) is 31.4 Å². The van der Waals surface area contributed by atoms with Crippen LogP contribution in [0.25, 0.3) is 0 Å². The normalized spacial score (nSPS) is 26.3. The van der Waals surface area contributed by atoms with Gasteiger partial charge in [-0.25, -0.2) is 9.97 Å². The molecule has 0 spiro atoms. The number of nitrogens with zero attached hydrogens (tertiary/aromatic N) is 6. The Morgan fingerprint density at radius 2 is 2.06 bits per heavy atom. The molecule has 2 aromatic rings. The molecule has 2 aliphatic heterocycles. The Bertz CT molecular complexity index is 1070. The molecule has 1 amide bonds. The number of anilines is 3. The fraction of sp³-hybridized carbons (Fsp3) is 0.429. The van der Waals surface area contributed by atoms with Crippen LogP contribution in [0, 0.1) is 23.2 Å². The molecule has 31 heavy (non-hydrogen) atoms. The monoisotopic (exact) mass is 437 g/mol. The Kier molecular flexibility index (Phi) is 4.94. The van der Waals surface area contributed by atoms with Crippen molar-refractivity contribution in [1.29, 1.82) is 5.26 Å². The highest BCUT2D eigenvalue weighted by atomic mass is 35.5. The van der Waals surface area contributed by atoms with E-state index in [-0.39, 0.29) is 40.5 Å². The summed E-state index contributed by atoms with van der Waals surface area (Å²) in [5, 5.41) is 12.4. The molecule has 0 radical (unpaired) electrons. The number of carbonyl (C=O) groups excluding carboxylic acids is 2. The first-order valence-electron chi connectivity index (χ1n) is 10.2. The average molecular weight is 438 g/mol. The first-order chi connectivity index (χ1) is 15.1. The van der Waals surface area contributed by atoms with Crippen LogP contribution in [-0.4, -0.2) is 57.2 Å². The van der Waals surface area contributed by atoms with Crippen molar-refractivity contribution in [3.8, 4) is 6.07 Å². The van der Waals surface area contributed by atoms with Crippen LogP contribution in [0.3, 0.4) is 0 Å². The number of nitriles is 1. The van der Waals surface area contributed by atoms with Gasteiger partial charge in [-0.1, -0.05) is 11.6 Å². The van der Waals surface area contributed by atoms with Gasteiger partial charge in [0.2, 0.25) is 11.9 Å². The molecule has 2 saturated heterocycles. The van der Waals surface area contributed by atoms with Crippen LogP contribution in [0.1, 0.15) is 29.8 Å². The third-order valence-corrected chi connectivity index (χ3v) is 6.52. The van der Waals surface area contributed by atoms with Crippen molar-refractivity contribution in [3.63, 3.8) is 0 Å². The largest absolute Gasteiger partial charge is 0.352 e. The van der Waals surface area contributed by atoms with Crippen molar-refractivity contribution in [2.24, 2.45) is 11.8 Å². The number of amides is 1. The number of fused-ring (bicyclic) bond motifs is 2. The average Bonchev–Trinajstić information content (AvgIpc) is 3.52. The highest BCUT2D eigenvalue weighted by Crippen LogP contribution is 2.43. The van der Waals surface area contributed by atoms with Gasteiger partial charge in [0.1, 0.15) is 11.5 Å². The van der Waals surface area contributed by atoms with Gasteiger partial charge in [-0.15, -0.1) is 0 Å². The topological polar surface area (TPSA) is 115 Å². The third-order valence-electron chi connectivity index (χ3n) is 6.21. The molecule has 4 atom stereocenters. The minimum Gasteiger partial charge on any atom is -0.352 e. The second-order valence-electron chi connectivity index (χ2n) is 8.19. The van der Waals surface area contributed by atoms with Gasteiger partial charge < -0.3 is 15.1 Å². The van der Waals surface area contributed by atoms with Crippen LogP contribution in [-0.2, 0) is 4.79 Å². The molecule has 158 valence electrons. The molecule has 3 fully saturated rings. The zero-order valence-corrected chi connectivity index (χ0v) is 17.4. The Morgan fingerprint density at radius 3 is 2.71 bits per heavy atom. The minimum atomic E-state index is -0.111. The van der Waals surface area contributed by atoms with Gasteiger partial charge in [-0.3, -0.25) is 9.59 Å². The molecule has 2 aromatic heterocycles. The zero-order valence-electron chi connectivity index (χ0n) is 16.6. The number of rotatable bonds is 5. The summed E-state index contributed by atoms with van der Waals surface area (Å²) >= 11 is 6.04. The first kappa shape index (κ1) is 19.7. The van der Waals surface area contributed by atoms with Gasteiger partial charge in [0.15, 0.2) is 6.29 Å². The summed E-state index contributed by atoms with van der Waals surface area (Å²) in [6, 6.07) is 5.98. The van der Waals surface area contributed by atoms with Crippen LogP contribution in [0.5, 0.6) is 0 Å². The summed E-state index contributed by atoms with van der Waals surface area (Å²) in [5.41, 5.74) is 0.761. The molecule has 2 bridgehead atoms. The van der Waals surface area contributed by atoms with E-state index in [4.69, 9.17) is 16.9 Å². The van der Waals surface area contributed by atoms with E-state index in [1.807, 2.05) is 11.0 Å². The van der Waals surface area contributed by atoms with E-state index in [1.54, 1.807) is 12.3 Å². The molecule has 0 aromatic carbocycles. The highest BCUT2D eigenvalue weighted by Gasteiger charge is 2.51. The lowest BCUT2D eigenvalue weighted by Gasteiger charge is -2.41. The third kappa shape index (κ3) is 3.68. The predicted octanol–water partition coefficient (Wildman–Crippen LogP) is 2.42. The minimum absolute atomic E-state index is 0.107. The molecule has 1 aliphatic carbocycles. The van der Waals surface area contributed by atoms with E-state index in [0.29, 0.717) is 37.4 Å². The molecule has 1 N–H and O–H groups in total. The molecule has 3 aliphatic rings. The molecule has 0 unspecified atom stereocenters. The van der Waals surface area contributed by atoms with Crippen LogP contribution in [0.2, 0.25) is 5.02 Å². The lowest BCUT2D eigenvalue weighted by Crippen LogP contribution is -2.56. The smallest absolute Gasteiger partial charge is 0.229 e. The summed E-state index contributed by atoms with van der Waals surface area (Å²) in [6.07, 6.45) is 6.43. The Labute approximate surface area is 184 Å². The Morgan fingerprint density at radius 1 is 1.29 bits per heavy atom. The molecule has 9 nitrogen and oxygen atoms in total. The van der Waals surface area contributed by atoms with Crippen LogP contribution >= 0.6 is 11.6 Å². The van der Waals surface area contributed by atoms with E-state index in [0.717, 1.165) is 18.7 Å². The van der Waals surface area contributed by atoms with E-state index in [9.17, 15) is 9.59 Å². The number of aromatic nitrogens is 3. The number of halogens is 1. The Balaban J connectivity index is 1.29. The SMILES string of the molecule is N#C[C@@H]1C[C@H]1C(=O)N1[C@@H]2CC[C@H]1CN(c1ccnc(Nc3cnc(C=O)c(Cl)c3)n1)C2. The summed E-state index contributed by atoms with van der Waals surface area (Å²) in [6.45, 7) is 1.42. The van der Waals surface area contributed by atoms with Crippen LogP contribution in [0.15, 0.2) is 24.5 Å². The van der Waals surface area contributed by atoms with E-state index >= 15 is 0 Å². The van der Waals surface area contributed by atoms with Crippen molar-refractivity contribution in [3.05, 3.63) is 35.2 Å². The highest BCUT2D eigenvalue weighted by molar-refractivity contribution is 6.32. The molecular formula is C21H20ClN7O2. The van der Waals surface area contributed by atoms with Crippen LogP contribution < -0.4 is 10.2 Å². The molecule has 1 saturated carbocycles. The van der Waals surface area contributed by atoms with Crippen LogP contribution in [0.4, 0.5) is 17.5 Å². The van der Waals surface area contributed by atoms with Crippen molar-refractivity contribution in [1.82, 2.24) is 19.9 Å². The standard InChI is InChI=1S/C21H20ClN7O2/c22-17-6-13(8-25-18(17)11-30)26-21-24-4-3-19(27-21)28-9-14-1-2-15(10-28)29(14)20(31)16-5-12(16)7-23/h3-4,6,8,11-12,14-16H,1-2,5,9-10H2,(H,24,26,27)/t12-,14-,15+,16+/m0/s1. The van der Waals surface area contributed by atoms with Crippen molar-refractivity contribution in [2.45, 2.75) is 31.3 Å². The number of aldehydes is 1. The fourth-order valence-electron chi connectivity index (χ4n) is 4.57. The number of carbonyl (C=O) groups is 2. The maximum atomic E-state index is 12.8. The maximum absolute atomic E-state index is 12.8. The molecule has 5 rings (SSSR count). The Hall–Kier alpha value is -3.25. The van der Waals surface area contributed by atoms with Gasteiger partial charge in [0, 0.05) is 31.4 Å². The lowest BCUT2D eigenvalue weighted by molar-refractivity contribution is -0.136. The molecular weight excluding hydrogens is 418 g/mol. The first-order valence-corrected chi connectivity index (χ1v) is 10.6. The maximum Gasteiger partial charge on any atom is 0.229 e. The number of hydrogen-bond donors (Lipinski definition) is 1. The zero-order chi connectivity index (χ0) is 21.5. The predicted molar refractivity (Wildman–Crippen MR) is 113 cm³/mol.